The van der Waals surface area contributed by atoms with Crippen LogP contribution in [-0.4, -0.2) is 69.2 Å². The van der Waals surface area contributed by atoms with Gasteiger partial charge in [0.25, 0.3) is 5.91 Å². The summed E-state index contributed by atoms with van der Waals surface area (Å²) in [7, 11) is 0. The second kappa shape index (κ2) is 11.9. The Morgan fingerprint density at radius 2 is 2.02 bits per heavy atom. The molecule has 2 aliphatic heterocycles. The molecule has 5 rings (SSSR count). The van der Waals surface area contributed by atoms with Gasteiger partial charge in [-0.25, -0.2) is 4.98 Å². The van der Waals surface area contributed by atoms with Crippen molar-refractivity contribution < 1.29 is 19.0 Å². The number of aliphatic hydroxyl groups excluding tert-OH is 1. The van der Waals surface area contributed by atoms with Gasteiger partial charge in [-0.1, -0.05) is 6.07 Å². The molecule has 1 aromatic carbocycles. The first-order valence-electron chi connectivity index (χ1n) is 14.2. The van der Waals surface area contributed by atoms with Gasteiger partial charge >= 0.3 is 0 Å². The quantitative estimate of drug-likeness (QED) is 0.403. The van der Waals surface area contributed by atoms with Gasteiger partial charge in [-0.3, -0.25) is 14.7 Å². The third kappa shape index (κ3) is 5.81. The highest BCUT2D eigenvalue weighted by molar-refractivity contribution is 5.99. The van der Waals surface area contributed by atoms with E-state index in [2.05, 4.69) is 33.9 Å². The van der Waals surface area contributed by atoms with E-state index in [-0.39, 0.29) is 18.1 Å². The Hall–Kier alpha value is -3.87. The largest absolute Gasteiger partial charge is 0.492 e. The molecule has 214 valence electrons. The Bertz CT molecular complexity index is 1500. The zero-order valence-electron chi connectivity index (χ0n) is 24.0. The van der Waals surface area contributed by atoms with Crippen LogP contribution in [0.4, 0.5) is 4.39 Å². The van der Waals surface area contributed by atoms with E-state index in [1.807, 2.05) is 24.8 Å². The molecule has 1 unspecified atom stereocenters. The van der Waals surface area contributed by atoms with Gasteiger partial charge < -0.3 is 14.7 Å². The number of aliphatic hydroxyl groups is 1. The van der Waals surface area contributed by atoms with Gasteiger partial charge in [-0.2, -0.15) is 9.65 Å². The van der Waals surface area contributed by atoms with Crippen molar-refractivity contribution in [3.63, 3.8) is 0 Å². The Morgan fingerprint density at radius 1 is 1.24 bits per heavy atom. The molecule has 0 saturated carbocycles. The van der Waals surface area contributed by atoms with Gasteiger partial charge in [0, 0.05) is 54.8 Å². The number of ether oxygens (including phenoxy) is 1. The first-order valence-corrected chi connectivity index (χ1v) is 14.2. The summed E-state index contributed by atoms with van der Waals surface area (Å²) in [6, 6.07) is 11.0. The molecular weight excluding hydrogens is 521 g/mol. The average molecular weight is 558 g/mol. The number of β-amino-alcohol motifs (C(OH)–C–C–N with tert-alkyl or cyclic N) is 1. The molecule has 9 heteroatoms. The number of hydrogen-bond donors (Lipinski definition) is 1. The second-order valence-corrected chi connectivity index (χ2v) is 11.0. The number of halogens is 1. The van der Waals surface area contributed by atoms with Crippen molar-refractivity contribution in [1.82, 2.24) is 19.8 Å². The van der Waals surface area contributed by atoms with Crippen LogP contribution >= 0.6 is 0 Å². The fraction of sp³-hybridized carbons (Fsp3) is 0.438. The maximum absolute atomic E-state index is 14.1. The van der Waals surface area contributed by atoms with E-state index in [0.29, 0.717) is 66.8 Å². The van der Waals surface area contributed by atoms with Gasteiger partial charge in [0.05, 0.1) is 24.4 Å². The Labute approximate surface area is 240 Å². The molecule has 2 aliphatic rings. The minimum Gasteiger partial charge on any atom is -0.492 e. The van der Waals surface area contributed by atoms with Crippen LogP contribution in [0.5, 0.6) is 5.75 Å². The summed E-state index contributed by atoms with van der Waals surface area (Å²) in [6.07, 6.45) is 3.28. The van der Waals surface area contributed by atoms with E-state index in [4.69, 9.17) is 4.74 Å². The highest BCUT2D eigenvalue weighted by Crippen LogP contribution is 2.36. The fourth-order valence-corrected chi connectivity index (χ4v) is 6.10. The number of amides is 1. The lowest BCUT2D eigenvalue weighted by Gasteiger charge is -2.35. The molecule has 8 nitrogen and oxygen atoms in total. The van der Waals surface area contributed by atoms with Crippen molar-refractivity contribution in [2.45, 2.75) is 65.1 Å². The molecule has 0 spiro atoms. The van der Waals surface area contributed by atoms with Gasteiger partial charge in [0.1, 0.15) is 17.4 Å². The molecule has 3 aromatic rings. The zero-order valence-corrected chi connectivity index (χ0v) is 24.0. The van der Waals surface area contributed by atoms with E-state index in [1.165, 1.54) is 12.3 Å². The third-order valence-corrected chi connectivity index (χ3v) is 8.32. The van der Waals surface area contributed by atoms with Crippen molar-refractivity contribution in [2.75, 3.05) is 26.2 Å². The summed E-state index contributed by atoms with van der Waals surface area (Å²) in [5, 5.41) is 19.5. The van der Waals surface area contributed by atoms with Crippen LogP contribution in [0.2, 0.25) is 0 Å². The minimum absolute atomic E-state index is 0.0938. The first kappa shape index (κ1) is 28.7. The van der Waals surface area contributed by atoms with Gasteiger partial charge in [-0.05, 0) is 81.8 Å². The molecule has 41 heavy (non-hydrogen) atoms. The predicted molar refractivity (Wildman–Crippen MR) is 153 cm³/mol. The molecule has 1 amide bonds. The van der Waals surface area contributed by atoms with Crippen LogP contribution in [-0.2, 0) is 12.8 Å². The molecular formula is C32H36FN5O3. The summed E-state index contributed by atoms with van der Waals surface area (Å²) in [5.41, 5.74) is 5.89. The molecule has 2 aromatic heterocycles. The fourth-order valence-electron chi connectivity index (χ4n) is 6.10. The van der Waals surface area contributed by atoms with E-state index in [9.17, 15) is 19.6 Å². The second-order valence-electron chi connectivity index (χ2n) is 11.0. The van der Waals surface area contributed by atoms with Crippen LogP contribution in [0.15, 0.2) is 36.5 Å². The summed E-state index contributed by atoms with van der Waals surface area (Å²) in [4.78, 5) is 26.7. The number of nitrogens with zero attached hydrogens (tertiary/aromatic N) is 5. The number of likely N-dealkylation sites (tertiary alicyclic amines) is 1. The van der Waals surface area contributed by atoms with Crippen molar-refractivity contribution in [3.8, 4) is 22.9 Å². The molecule has 3 atom stereocenters. The number of aryl methyl sites for hydroxylation is 1. The summed E-state index contributed by atoms with van der Waals surface area (Å²) < 4.78 is 19.6. The van der Waals surface area contributed by atoms with Crippen LogP contribution in [0.3, 0.4) is 0 Å². The molecule has 1 fully saturated rings. The van der Waals surface area contributed by atoms with E-state index >= 15 is 0 Å². The Balaban J connectivity index is 1.50. The Kier molecular flexibility index (Phi) is 8.34. The highest BCUT2D eigenvalue weighted by Gasteiger charge is 2.33. The third-order valence-electron chi connectivity index (χ3n) is 8.32. The minimum atomic E-state index is -0.532. The number of fused-ring (bicyclic) bond motifs is 1. The molecule has 0 bridgehead atoms. The van der Waals surface area contributed by atoms with E-state index in [0.717, 1.165) is 35.2 Å². The Morgan fingerprint density at radius 3 is 2.71 bits per heavy atom. The summed E-state index contributed by atoms with van der Waals surface area (Å²) in [5.74, 6) is -0.166. The monoisotopic (exact) mass is 557 g/mol. The SMILES string of the molecule is CCOc1cc(C(C)N2CCc3c(cc(CCN4C[C@@H](O)C[C@H]4C)cc3-c3ccc(F)nc3C)C2=O)ncc1C#N. The molecule has 1 N–H and O–H groups in total. The van der Waals surface area contributed by atoms with E-state index < -0.39 is 5.95 Å². The lowest BCUT2D eigenvalue weighted by molar-refractivity contribution is 0.0669. The zero-order chi connectivity index (χ0) is 29.3. The van der Waals surface area contributed by atoms with Crippen molar-refractivity contribution in [3.05, 3.63) is 76.1 Å². The van der Waals surface area contributed by atoms with Crippen LogP contribution in [0.1, 0.15) is 71.7 Å². The number of pyridine rings is 2. The van der Waals surface area contributed by atoms with Crippen molar-refractivity contribution in [1.29, 1.82) is 5.26 Å². The van der Waals surface area contributed by atoms with Crippen molar-refractivity contribution >= 4 is 5.91 Å². The molecule has 1 saturated heterocycles. The normalized spacial score (nSPS) is 19.6. The van der Waals surface area contributed by atoms with Crippen molar-refractivity contribution in [2.24, 2.45) is 0 Å². The van der Waals surface area contributed by atoms with Gasteiger partial charge in [0.2, 0.25) is 5.95 Å². The maximum Gasteiger partial charge on any atom is 0.254 e. The highest BCUT2D eigenvalue weighted by atomic mass is 19.1. The molecule has 0 radical (unpaired) electrons. The maximum atomic E-state index is 14.1. The standard InChI is InChI=1S/C32H36FN5O3/c1-5-41-30-15-29(35-17-23(30)16-34)21(4)38-11-9-26-27(25-6-7-31(33)36-20(25)3)13-22(14-28(26)32(38)40)8-10-37-18-24(39)12-19(37)2/h6-7,13-15,17,19,21,24,39H,5,8-12,18H2,1-4H3/t19-,21?,24+/m1/s1. The number of rotatable bonds is 8. The number of nitriles is 1. The van der Waals surface area contributed by atoms with E-state index in [1.54, 1.807) is 19.1 Å². The number of hydrogen-bond acceptors (Lipinski definition) is 7. The number of benzene rings is 1. The summed E-state index contributed by atoms with van der Waals surface area (Å²) in [6.45, 7) is 10.0. The van der Waals surface area contributed by atoms with Gasteiger partial charge in [-0.15, -0.1) is 0 Å². The average Bonchev–Trinajstić information content (AvgIpc) is 3.28. The smallest absolute Gasteiger partial charge is 0.254 e. The lowest BCUT2D eigenvalue weighted by Crippen LogP contribution is -2.40. The first-order chi connectivity index (χ1) is 19.7. The van der Waals surface area contributed by atoms with Crippen LogP contribution in [0.25, 0.3) is 11.1 Å². The molecule has 0 aliphatic carbocycles. The van der Waals surface area contributed by atoms with Gasteiger partial charge in [0.15, 0.2) is 0 Å². The number of carbonyl (C=O) groups is 1. The summed E-state index contributed by atoms with van der Waals surface area (Å²) >= 11 is 0. The van der Waals surface area contributed by atoms with Crippen LogP contribution in [0, 0.1) is 24.2 Å². The lowest BCUT2D eigenvalue weighted by atomic mass is 9.86. The number of aromatic nitrogens is 2. The topological polar surface area (TPSA) is 103 Å². The predicted octanol–water partition coefficient (Wildman–Crippen LogP) is 4.62. The molecule has 4 heterocycles. The van der Waals surface area contributed by atoms with Crippen LogP contribution < -0.4 is 4.74 Å². The number of carbonyl (C=O) groups excluding carboxylic acids is 1.